The van der Waals surface area contributed by atoms with Crippen LogP contribution in [0.1, 0.15) is 11.1 Å². The summed E-state index contributed by atoms with van der Waals surface area (Å²) in [6.45, 7) is 1.92. The van der Waals surface area contributed by atoms with Crippen LogP contribution in [-0.2, 0) is 11.2 Å². The highest BCUT2D eigenvalue weighted by Gasteiger charge is 2.08. The van der Waals surface area contributed by atoms with Crippen molar-refractivity contribution in [2.24, 2.45) is 0 Å². The maximum absolute atomic E-state index is 10.8. The minimum atomic E-state index is -0.832. The van der Waals surface area contributed by atoms with Crippen molar-refractivity contribution in [3.8, 4) is 16.9 Å². The van der Waals surface area contributed by atoms with Gasteiger partial charge in [0.1, 0.15) is 5.75 Å². The van der Waals surface area contributed by atoms with Crippen LogP contribution in [0.5, 0.6) is 5.75 Å². The smallest absolute Gasteiger partial charge is 0.307 e. The Morgan fingerprint density at radius 1 is 1.11 bits per heavy atom. The number of aliphatic carboxylic acids is 1. The summed E-state index contributed by atoms with van der Waals surface area (Å²) in [4.78, 5) is 10.8. The zero-order chi connectivity index (χ0) is 13.1. The van der Waals surface area contributed by atoms with E-state index in [1.165, 1.54) is 0 Å². The first-order valence-electron chi connectivity index (χ1n) is 5.67. The maximum Gasteiger partial charge on any atom is 0.307 e. The topological polar surface area (TPSA) is 57.5 Å². The van der Waals surface area contributed by atoms with Crippen LogP contribution >= 0.6 is 0 Å². The highest BCUT2D eigenvalue weighted by atomic mass is 16.4. The molecule has 0 fully saturated rings. The van der Waals surface area contributed by atoms with Gasteiger partial charge in [-0.1, -0.05) is 30.3 Å². The van der Waals surface area contributed by atoms with E-state index < -0.39 is 5.97 Å². The van der Waals surface area contributed by atoms with Crippen LogP contribution in [0.25, 0.3) is 11.1 Å². The number of rotatable bonds is 3. The van der Waals surface area contributed by atoms with Gasteiger partial charge < -0.3 is 10.2 Å². The average molecular weight is 242 g/mol. The summed E-state index contributed by atoms with van der Waals surface area (Å²) in [6, 6.07) is 12.5. The second-order valence-corrected chi connectivity index (χ2v) is 4.21. The summed E-state index contributed by atoms with van der Waals surface area (Å²) in [5.74, 6) is -0.612. The van der Waals surface area contributed by atoms with E-state index in [0.29, 0.717) is 0 Å². The highest BCUT2D eigenvalue weighted by molar-refractivity contribution is 5.74. The number of phenols is 1. The molecule has 2 rings (SSSR count). The zero-order valence-corrected chi connectivity index (χ0v) is 10.1. The van der Waals surface area contributed by atoms with Gasteiger partial charge in [-0.25, -0.2) is 0 Å². The Hall–Kier alpha value is -2.29. The third kappa shape index (κ3) is 2.51. The van der Waals surface area contributed by atoms with E-state index in [9.17, 15) is 9.90 Å². The van der Waals surface area contributed by atoms with Gasteiger partial charge in [-0.2, -0.15) is 0 Å². The molecule has 0 spiro atoms. The van der Waals surface area contributed by atoms with Crippen molar-refractivity contribution in [1.29, 1.82) is 0 Å². The maximum atomic E-state index is 10.8. The summed E-state index contributed by atoms with van der Waals surface area (Å²) in [5.41, 5.74) is 3.74. The van der Waals surface area contributed by atoms with E-state index in [-0.39, 0.29) is 12.2 Å². The Morgan fingerprint density at radius 2 is 1.78 bits per heavy atom. The molecule has 18 heavy (non-hydrogen) atoms. The number of phenolic OH excluding ortho intramolecular Hbond substituents is 1. The van der Waals surface area contributed by atoms with Crippen LogP contribution in [0.4, 0.5) is 0 Å². The SMILES string of the molecule is Cc1c(CC(=O)O)cccc1-c1ccc(O)cc1. The third-order valence-corrected chi connectivity index (χ3v) is 2.97. The standard InChI is InChI=1S/C15H14O3/c1-10-12(9-15(17)18)3-2-4-14(10)11-5-7-13(16)8-6-11/h2-8,16H,9H2,1H3,(H,17,18). The predicted octanol–water partition coefficient (Wildman–Crippen LogP) is 2.99. The van der Waals surface area contributed by atoms with Crippen molar-refractivity contribution in [2.45, 2.75) is 13.3 Å². The largest absolute Gasteiger partial charge is 0.508 e. The van der Waals surface area contributed by atoms with E-state index in [0.717, 1.165) is 22.3 Å². The molecule has 0 atom stereocenters. The lowest BCUT2D eigenvalue weighted by molar-refractivity contribution is -0.136. The molecule has 0 saturated carbocycles. The number of hydrogen-bond acceptors (Lipinski definition) is 2. The molecule has 3 heteroatoms. The normalized spacial score (nSPS) is 10.3. The molecule has 0 aliphatic rings. The molecule has 0 aliphatic heterocycles. The first-order valence-corrected chi connectivity index (χ1v) is 5.67. The van der Waals surface area contributed by atoms with Crippen molar-refractivity contribution in [2.75, 3.05) is 0 Å². The highest BCUT2D eigenvalue weighted by Crippen LogP contribution is 2.27. The van der Waals surface area contributed by atoms with Crippen LogP contribution in [0.3, 0.4) is 0 Å². The molecule has 0 aromatic heterocycles. The molecule has 92 valence electrons. The Bertz CT molecular complexity index is 571. The van der Waals surface area contributed by atoms with E-state index in [2.05, 4.69) is 0 Å². The molecule has 0 amide bonds. The second-order valence-electron chi connectivity index (χ2n) is 4.21. The molecule has 0 radical (unpaired) electrons. The van der Waals surface area contributed by atoms with Gasteiger partial charge in [-0.3, -0.25) is 4.79 Å². The predicted molar refractivity (Wildman–Crippen MR) is 69.6 cm³/mol. The first kappa shape index (κ1) is 12.2. The van der Waals surface area contributed by atoms with Gasteiger partial charge >= 0.3 is 5.97 Å². The number of carbonyl (C=O) groups is 1. The fourth-order valence-corrected chi connectivity index (χ4v) is 1.99. The Balaban J connectivity index is 2.45. The lowest BCUT2D eigenvalue weighted by atomic mass is 9.95. The second kappa shape index (κ2) is 4.92. The van der Waals surface area contributed by atoms with E-state index in [1.54, 1.807) is 12.1 Å². The number of benzene rings is 2. The number of carboxylic acid groups (broad SMARTS) is 1. The fraction of sp³-hybridized carbons (Fsp3) is 0.133. The summed E-state index contributed by atoms with van der Waals surface area (Å²) >= 11 is 0. The monoisotopic (exact) mass is 242 g/mol. The van der Waals surface area contributed by atoms with E-state index in [1.807, 2.05) is 37.3 Å². The number of carboxylic acids is 1. The zero-order valence-electron chi connectivity index (χ0n) is 10.1. The number of hydrogen-bond donors (Lipinski definition) is 2. The number of aromatic hydroxyl groups is 1. The molecular weight excluding hydrogens is 228 g/mol. The van der Waals surface area contributed by atoms with Crippen molar-refractivity contribution < 1.29 is 15.0 Å². The van der Waals surface area contributed by atoms with Crippen molar-refractivity contribution >= 4 is 5.97 Å². The minimum absolute atomic E-state index is 0.0256. The van der Waals surface area contributed by atoms with Crippen LogP contribution in [0.15, 0.2) is 42.5 Å². The molecule has 2 N–H and O–H groups in total. The Morgan fingerprint density at radius 3 is 2.39 bits per heavy atom. The third-order valence-electron chi connectivity index (χ3n) is 2.97. The van der Waals surface area contributed by atoms with Crippen LogP contribution < -0.4 is 0 Å². The van der Waals surface area contributed by atoms with Gasteiger partial charge in [0.25, 0.3) is 0 Å². The molecular formula is C15H14O3. The first-order chi connectivity index (χ1) is 8.58. The summed E-state index contributed by atoms with van der Waals surface area (Å²) < 4.78 is 0. The van der Waals surface area contributed by atoms with Gasteiger partial charge in [-0.05, 0) is 41.3 Å². The van der Waals surface area contributed by atoms with Gasteiger partial charge in [0, 0.05) is 0 Å². The van der Waals surface area contributed by atoms with Crippen molar-refractivity contribution in [1.82, 2.24) is 0 Å². The molecule has 0 aliphatic carbocycles. The van der Waals surface area contributed by atoms with Gasteiger partial charge in [0.2, 0.25) is 0 Å². The molecule has 0 heterocycles. The Labute approximate surface area is 105 Å². The fourth-order valence-electron chi connectivity index (χ4n) is 1.99. The van der Waals surface area contributed by atoms with Crippen LogP contribution in [0.2, 0.25) is 0 Å². The van der Waals surface area contributed by atoms with Gasteiger partial charge in [0.05, 0.1) is 6.42 Å². The lowest BCUT2D eigenvalue weighted by Gasteiger charge is -2.10. The summed E-state index contributed by atoms with van der Waals surface area (Å²) in [7, 11) is 0. The van der Waals surface area contributed by atoms with Crippen molar-refractivity contribution in [3.63, 3.8) is 0 Å². The molecule has 2 aromatic carbocycles. The molecule has 0 bridgehead atoms. The average Bonchev–Trinajstić information content (AvgIpc) is 2.33. The minimum Gasteiger partial charge on any atom is -0.508 e. The lowest BCUT2D eigenvalue weighted by Crippen LogP contribution is -2.02. The molecule has 3 nitrogen and oxygen atoms in total. The van der Waals surface area contributed by atoms with Gasteiger partial charge in [0.15, 0.2) is 0 Å². The summed E-state index contributed by atoms with van der Waals surface area (Å²) in [6.07, 6.45) is 0.0256. The Kier molecular flexibility index (Phi) is 3.33. The molecule has 0 saturated heterocycles. The molecule has 0 unspecified atom stereocenters. The van der Waals surface area contributed by atoms with E-state index >= 15 is 0 Å². The van der Waals surface area contributed by atoms with Gasteiger partial charge in [-0.15, -0.1) is 0 Å². The quantitative estimate of drug-likeness (QED) is 0.869. The summed E-state index contributed by atoms with van der Waals surface area (Å²) in [5, 5.41) is 18.1. The molecule has 2 aromatic rings. The van der Waals surface area contributed by atoms with Crippen LogP contribution in [0, 0.1) is 6.92 Å². The van der Waals surface area contributed by atoms with Crippen molar-refractivity contribution in [3.05, 3.63) is 53.6 Å². The van der Waals surface area contributed by atoms with Crippen LogP contribution in [-0.4, -0.2) is 16.2 Å². The van der Waals surface area contributed by atoms with E-state index in [4.69, 9.17) is 5.11 Å².